The number of ether oxygens (including phenoxy) is 1. The van der Waals surface area contributed by atoms with Crippen molar-refractivity contribution in [1.82, 2.24) is 9.21 Å². The Balaban J connectivity index is 2.12. The van der Waals surface area contributed by atoms with Crippen LogP contribution in [0.25, 0.3) is 0 Å². The molecule has 8 heteroatoms. The van der Waals surface area contributed by atoms with E-state index in [0.717, 1.165) is 22.7 Å². The SMILES string of the molecule is Cc1ccc(S(=O)(=O)N(C)CC(=O)C2CCCCN2C(=O)OC(C)(C)C)cc1. The lowest BCUT2D eigenvalue weighted by atomic mass is 9.99. The molecule has 28 heavy (non-hydrogen) atoms. The molecule has 0 bridgehead atoms. The maximum Gasteiger partial charge on any atom is 0.410 e. The minimum Gasteiger partial charge on any atom is -0.444 e. The highest BCUT2D eigenvalue weighted by molar-refractivity contribution is 7.89. The third-order valence-electron chi connectivity index (χ3n) is 4.61. The Morgan fingerprint density at radius 1 is 1.18 bits per heavy atom. The summed E-state index contributed by atoms with van der Waals surface area (Å²) < 4.78 is 31.9. The Kier molecular flexibility index (Phi) is 6.88. The van der Waals surface area contributed by atoms with Crippen molar-refractivity contribution in [1.29, 1.82) is 0 Å². The average Bonchev–Trinajstić information content (AvgIpc) is 2.60. The molecule has 0 aromatic heterocycles. The number of carbonyl (C=O) groups excluding carboxylic acids is 2. The standard InChI is InChI=1S/C20H30N2O5S/c1-15-9-11-16(12-10-15)28(25,26)21(5)14-18(23)17-8-6-7-13-22(17)19(24)27-20(2,3)4/h9-12,17H,6-8,13-14H2,1-5H3. The van der Waals surface area contributed by atoms with Gasteiger partial charge in [0.25, 0.3) is 0 Å². The number of ketones is 1. The third kappa shape index (κ3) is 5.54. The predicted octanol–water partition coefficient (Wildman–Crippen LogP) is 2.97. The molecule has 0 aliphatic carbocycles. The summed E-state index contributed by atoms with van der Waals surface area (Å²) in [5.74, 6) is -0.302. The van der Waals surface area contributed by atoms with Gasteiger partial charge in [-0.1, -0.05) is 17.7 Å². The zero-order chi connectivity index (χ0) is 21.1. The fourth-order valence-electron chi connectivity index (χ4n) is 3.11. The third-order valence-corrected chi connectivity index (χ3v) is 6.43. The minimum absolute atomic E-state index is 0.140. The van der Waals surface area contributed by atoms with Crippen LogP contribution >= 0.6 is 0 Å². The second-order valence-corrected chi connectivity index (χ2v) is 10.3. The number of benzene rings is 1. The van der Waals surface area contributed by atoms with Crippen LogP contribution in [0.15, 0.2) is 29.2 Å². The lowest BCUT2D eigenvalue weighted by molar-refractivity contribution is -0.125. The van der Waals surface area contributed by atoms with Crippen LogP contribution in [0.1, 0.15) is 45.6 Å². The number of rotatable bonds is 5. The normalized spacial score (nSPS) is 18.2. The van der Waals surface area contributed by atoms with Crippen molar-refractivity contribution in [3.05, 3.63) is 29.8 Å². The van der Waals surface area contributed by atoms with E-state index in [0.29, 0.717) is 13.0 Å². The molecule has 1 aliphatic rings. The van der Waals surface area contributed by atoms with Crippen LogP contribution in [0.4, 0.5) is 4.79 Å². The lowest BCUT2D eigenvalue weighted by Gasteiger charge is -2.36. The van der Waals surface area contributed by atoms with Crippen LogP contribution in [-0.2, 0) is 19.6 Å². The van der Waals surface area contributed by atoms with Gasteiger partial charge in [0.1, 0.15) is 5.60 Å². The van der Waals surface area contributed by atoms with Gasteiger partial charge in [0.2, 0.25) is 10.0 Å². The molecular weight excluding hydrogens is 380 g/mol. The number of aryl methyl sites for hydroxylation is 1. The fourth-order valence-corrected chi connectivity index (χ4v) is 4.24. The number of amides is 1. The fraction of sp³-hybridized carbons (Fsp3) is 0.600. The summed E-state index contributed by atoms with van der Waals surface area (Å²) in [7, 11) is -2.40. The van der Waals surface area contributed by atoms with Crippen molar-refractivity contribution in [2.45, 2.75) is 63.5 Å². The molecule has 1 atom stereocenters. The zero-order valence-corrected chi connectivity index (χ0v) is 18.1. The number of likely N-dealkylation sites (N-methyl/N-ethyl adjacent to an activating group) is 1. The van der Waals surface area contributed by atoms with E-state index >= 15 is 0 Å². The number of carbonyl (C=O) groups is 2. The molecule has 1 aromatic rings. The van der Waals surface area contributed by atoms with Crippen LogP contribution in [0, 0.1) is 6.92 Å². The summed E-state index contributed by atoms with van der Waals surface area (Å²) >= 11 is 0. The molecule has 1 aromatic carbocycles. The van der Waals surface area contributed by atoms with E-state index in [9.17, 15) is 18.0 Å². The van der Waals surface area contributed by atoms with Gasteiger partial charge in [0, 0.05) is 13.6 Å². The second-order valence-electron chi connectivity index (χ2n) is 8.23. The van der Waals surface area contributed by atoms with Crippen molar-refractivity contribution >= 4 is 21.9 Å². The van der Waals surface area contributed by atoms with Crippen LogP contribution < -0.4 is 0 Å². The molecule has 156 valence electrons. The first-order valence-corrected chi connectivity index (χ1v) is 10.9. The molecule has 0 saturated carbocycles. The van der Waals surface area contributed by atoms with E-state index in [1.807, 2.05) is 6.92 Å². The maximum atomic E-state index is 12.9. The van der Waals surface area contributed by atoms with Crippen LogP contribution in [0.3, 0.4) is 0 Å². The average molecular weight is 411 g/mol. The first kappa shape index (κ1) is 22.4. The van der Waals surface area contributed by atoms with Crippen molar-refractivity contribution in [2.75, 3.05) is 20.1 Å². The highest BCUT2D eigenvalue weighted by Gasteiger charge is 2.36. The Hall–Kier alpha value is -1.93. The molecule has 7 nitrogen and oxygen atoms in total. The smallest absolute Gasteiger partial charge is 0.410 e. The van der Waals surface area contributed by atoms with E-state index in [4.69, 9.17) is 4.74 Å². The van der Waals surface area contributed by atoms with Gasteiger partial charge in [-0.05, 0) is 59.1 Å². The molecule has 0 N–H and O–H groups in total. The van der Waals surface area contributed by atoms with Crippen molar-refractivity contribution in [3.63, 3.8) is 0 Å². The van der Waals surface area contributed by atoms with Gasteiger partial charge >= 0.3 is 6.09 Å². The first-order chi connectivity index (χ1) is 12.9. The Morgan fingerprint density at radius 3 is 2.36 bits per heavy atom. The van der Waals surface area contributed by atoms with Crippen molar-refractivity contribution in [3.8, 4) is 0 Å². The summed E-state index contributed by atoms with van der Waals surface area (Å²) in [6.07, 6.45) is 1.58. The Morgan fingerprint density at radius 2 is 1.79 bits per heavy atom. The van der Waals surface area contributed by atoms with Gasteiger partial charge in [-0.2, -0.15) is 4.31 Å². The Labute approximate surface area is 167 Å². The summed E-state index contributed by atoms with van der Waals surface area (Å²) in [4.78, 5) is 26.9. The maximum absolute atomic E-state index is 12.9. The van der Waals surface area contributed by atoms with Gasteiger partial charge < -0.3 is 4.74 Å². The number of hydrogen-bond acceptors (Lipinski definition) is 5. The van der Waals surface area contributed by atoms with E-state index < -0.39 is 27.8 Å². The molecule has 1 amide bonds. The summed E-state index contributed by atoms with van der Waals surface area (Å²) in [5, 5.41) is 0. The number of Topliss-reactive ketones (excluding diaryl/α,β-unsaturated/α-hetero) is 1. The predicted molar refractivity (Wildman–Crippen MR) is 107 cm³/mol. The summed E-state index contributed by atoms with van der Waals surface area (Å²) in [6, 6.07) is 5.82. The van der Waals surface area contributed by atoms with E-state index in [-0.39, 0.29) is 17.2 Å². The number of sulfonamides is 1. The molecule has 1 unspecified atom stereocenters. The number of likely N-dealkylation sites (tertiary alicyclic amines) is 1. The van der Waals surface area contributed by atoms with Crippen LogP contribution in [0.2, 0.25) is 0 Å². The molecule has 1 heterocycles. The summed E-state index contributed by atoms with van der Waals surface area (Å²) in [5.41, 5.74) is 0.293. The molecule has 2 rings (SSSR count). The van der Waals surface area contributed by atoms with E-state index in [1.54, 1.807) is 32.9 Å². The van der Waals surface area contributed by atoms with Gasteiger partial charge in [-0.25, -0.2) is 13.2 Å². The minimum atomic E-state index is -3.78. The van der Waals surface area contributed by atoms with E-state index in [2.05, 4.69) is 0 Å². The monoisotopic (exact) mass is 410 g/mol. The van der Waals surface area contributed by atoms with Crippen LogP contribution in [0.5, 0.6) is 0 Å². The highest BCUT2D eigenvalue weighted by Crippen LogP contribution is 2.22. The van der Waals surface area contributed by atoms with Gasteiger partial charge in [-0.3, -0.25) is 9.69 Å². The van der Waals surface area contributed by atoms with Gasteiger partial charge in [-0.15, -0.1) is 0 Å². The number of piperidine rings is 1. The van der Waals surface area contributed by atoms with Crippen molar-refractivity contribution < 1.29 is 22.7 Å². The van der Waals surface area contributed by atoms with Gasteiger partial charge in [0.05, 0.1) is 17.5 Å². The molecular formula is C20H30N2O5S. The lowest BCUT2D eigenvalue weighted by Crippen LogP contribution is -2.52. The van der Waals surface area contributed by atoms with Crippen molar-refractivity contribution in [2.24, 2.45) is 0 Å². The molecule has 0 spiro atoms. The second kappa shape index (κ2) is 8.61. The molecule has 1 aliphatic heterocycles. The molecule has 1 fully saturated rings. The molecule has 1 saturated heterocycles. The summed E-state index contributed by atoms with van der Waals surface area (Å²) in [6.45, 7) is 7.33. The van der Waals surface area contributed by atoms with Crippen LogP contribution in [-0.4, -0.2) is 61.3 Å². The Bertz CT molecular complexity index is 812. The topological polar surface area (TPSA) is 84.0 Å². The molecule has 0 radical (unpaired) electrons. The van der Waals surface area contributed by atoms with Gasteiger partial charge in [0.15, 0.2) is 5.78 Å². The zero-order valence-electron chi connectivity index (χ0n) is 17.3. The highest BCUT2D eigenvalue weighted by atomic mass is 32.2. The van der Waals surface area contributed by atoms with E-state index in [1.165, 1.54) is 24.1 Å². The quantitative estimate of drug-likeness (QED) is 0.745. The number of hydrogen-bond donors (Lipinski definition) is 0. The largest absolute Gasteiger partial charge is 0.444 e. The first-order valence-electron chi connectivity index (χ1n) is 9.47. The number of nitrogens with zero attached hydrogens (tertiary/aromatic N) is 2.